The lowest BCUT2D eigenvalue weighted by atomic mass is 9.99. The highest BCUT2D eigenvalue weighted by molar-refractivity contribution is 7.25. The van der Waals surface area contributed by atoms with Crippen molar-refractivity contribution in [1.29, 1.82) is 0 Å². The van der Waals surface area contributed by atoms with E-state index in [1.807, 2.05) is 54.9 Å². The summed E-state index contributed by atoms with van der Waals surface area (Å²) in [5.41, 5.74) is 13.4. The summed E-state index contributed by atoms with van der Waals surface area (Å²) in [5, 5.41) is 1.03. The van der Waals surface area contributed by atoms with Crippen LogP contribution in [0, 0.1) is 0 Å². The average Bonchev–Trinajstić information content (AvgIpc) is 3.65. The molecular formula is C49H31N5S. The van der Waals surface area contributed by atoms with Crippen molar-refractivity contribution in [3.8, 4) is 78.7 Å². The number of nitrogens with zero attached hydrogens (tertiary/aromatic N) is 5. The van der Waals surface area contributed by atoms with Crippen LogP contribution in [0.4, 0.5) is 0 Å². The van der Waals surface area contributed by atoms with Gasteiger partial charge in [0.25, 0.3) is 0 Å². The van der Waals surface area contributed by atoms with Crippen molar-refractivity contribution in [3.63, 3.8) is 0 Å². The molecule has 0 aliphatic rings. The maximum absolute atomic E-state index is 5.11. The normalized spacial score (nSPS) is 11.3. The molecule has 10 rings (SSSR count). The van der Waals surface area contributed by atoms with Crippen LogP contribution in [0.5, 0.6) is 0 Å². The average molecular weight is 722 g/mol. The Morgan fingerprint density at radius 1 is 0.327 bits per heavy atom. The van der Waals surface area contributed by atoms with E-state index in [2.05, 4.69) is 133 Å². The van der Waals surface area contributed by atoms with Crippen LogP contribution in [0.2, 0.25) is 0 Å². The highest BCUT2D eigenvalue weighted by Gasteiger charge is 2.15. The standard InChI is InChI=1S/C49H31N5S/c1-4-11-32(12-5-1)34-19-21-35(22-20-34)43-29-44(53-48(52-43)37-15-8-3-9-16-37)36-23-25-38(26-24-36)47-50-31-45-46(54-47)42-28-41(30-51-49(42)55-45)40-18-10-17-39(27-40)33-13-6-2-7-14-33/h1-31H. The maximum Gasteiger partial charge on any atom is 0.160 e. The quantitative estimate of drug-likeness (QED) is 0.164. The molecule has 0 amide bonds. The third-order valence-electron chi connectivity index (χ3n) is 9.86. The Bertz CT molecular complexity index is 2940. The number of pyridine rings is 1. The van der Waals surface area contributed by atoms with E-state index in [-0.39, 0.29) is 0 Å². The number of benzene rings is 6. The van der Waals surface area contributed by atoms with Crippen LogP contribution in [-0.2, 0) is 0 Å². The van der Waals surface area contributed by atoms with Gasteiger partial charge in [0.15, 0.2) is 11.6 Å². The summed E-state index contributed by atoms with van der Waals surface area (Å²) in [6.07, 6.45) is 3.87. The van der Waals surface area contributed by atoms with Gasteiger partial charge >= 0.3 is 0 Å². The third kappa shape index (κ3) is 6.45. The van der Waals surface area contributed by atoms with Crippen LogP contribution in [-0.4, -0.2) is 24.9 Å². The first-order valence-electron chi connectivity index (χ1n) is 18.1. The molecule has 0 atom stereocenters. The van der Waals surface area contributed by atoms with Gasteiger partial charge in [0.1, 0.15) is 4.83 Å². The zero-order valence-electron chi connectivity index (χ0n) is 29.5. The van der Waals surface area contributed by atoms with Crippen LogP contribution in [0.1, 0.15) is 0 Å². The smallest absolute Gasteiger partial charge is 0.160 e. The molecule has 0 radical (unpaired) electrons. The fourth-order valence-corrected chi connectivity index (χ4v) is 7.90. The van der Waals surface area contributed by atoms with Crippen LogP contribution in [0.3, 0.4) is 0 Å². The van der Waals surface area contributed by atoms with Gasteiger partial charge in [0.05, 0.1) is 21.6 Å². The largest absolute Gasteiger partial charge is 0.245 e. The zero-order chi connectivity index (χ0) is 36.6. The molecule has 0 N–H and O–H groups in total. The molecule has 0 bridgehead atoms. The van der Waals surface area contributed by atoms with Crippen molar-refractivity contribution in [2.24, 2.45) is 0 Å². The molecule has 55 heavy (non-hydrogen) atoms. The van der Waals surface area contributed by atoms with Gasteiger partial charge in [0, 0.05) is 45.6 Å². The zero-order valence-corrected chi connectivity index (χ0v) is 30.4. The number of thiophene rings is 1. The van der Waals surface area contributed by atoms with E-state index in [1.54, 1.807) is 11.3 Å². The van der Waals surface area contributed by atoms with Gasteiger partial charge in [-0.05, 0) is 46.0 Å². The summed E-state index contributed by atoms with van der Waals surface area (Å²) < 4.78 is 1.01. The number of fused-ring (bicyclic) bond motifs is 3. The molecule has 0 unspecified atom stereocenters. The van der Waals surface area contributed by atoms with E-state index in [0.29, 0.717) is 11.6 Å². The van der Waals surface area contributed by atoms with Gasteiger partial charge < -0.3 is 0 Å². The molecule has 4 aromatic heterocycles. The van der Waals surface area contributed by atoms with Crippen molar-refractivity contribution in [3.05, 3.63) is 188 Å². The molecule has 4 heterocycles. The third-order valence-corrected chi connectivity index (χ3v) is 10.9. The molecule has 6 aromatic carbocycles. The molecule has 6 heteroatoms. The number of hydrogen-bond acceptors (Lipinski definition) is 6. The summed E-state index contributed by atoms with van der Waals surface area (Å²) in [6.45, 7) is 0. The fourth-order valence-electron chi connectivity index (χ4n) is 6.97. The minimum atomic E-state index is 0.669. The fraction of sp³-hybridized carbons (Fsp3) is 0. The topological polar surface area (TPSA) is 64.5 Å². The Kier molecular flexibility index (Phi) is 8.28. The maximum atomic E-state index is 5.11. The predicted octanol–water partition coefficient (Wildman–Crippen LogP) is 12.7. The van der Waals surface area contributed by atoms with Gasteiger partial charge in [-0.2, -0.15) is 0 Å². The highest BCUT2D eigenvalue weighted by Crippen LogP contribution is 2.36. The van der Waals surface area contributed by atoms with E-state index in [0.717, 1.165) is 65.2 Å². The first-order chi connectivity index (χ1) is 27.2. The van der Waals surface area contributed by atoms with Gasteiger partial charge in [-0.1, -0.05) is 158 Å². The van der Waals surface area contributed by atoms with E-state index < -0.39 is 0 Å². The minimum absolute atomic E-state index is 0.669. The lowest BCUT2D eigenvalue weighted by molar-refractivity contribution is 1.18. The number of hydrogen-bond donors (Lipinski definition) is 0. The van der Waals surface area contributed by atoms with Gasteiger partial charge in [-0.15, -0.1) is 11.3 Å². The molecular weight excluding hydrogens is 691 g/mol. The summed E-state index contributed by atoms with van der Waals surface area (Å²) >= 11 is 1.62. The highest BCUT2D eigenvalue weighted by atomic mass is 32.1. The number of rotatable bonds is 7. The van der Waals surface area contributed by atoms with Gasteiger partial charge in [-0.3, -0.25) is 0 Å². The number of aromatic nitrogens is 5. The van der Waals surface area contributed by atoms with Crippen molar-refractivity contribution in [1.82, 2.24) is 24.9 Å². The van der Waals surface area contributed by atoms with Crippen molar-refractivity contribution in [2.45, 2.75) is 0 Å². The van der Waals surface area contributed by atoms with E-state index in [1.165, 1.54) is 22.3 Å². The molecule has 5 nitrogen and oxygen atoms in total. The molecule has 0 spiro atoms. The Balaban J connectivity index is 0.986. The van der Waals surface area contributed by atoms with Gasteiger partial charge in [0.2, 0.25) is 0 Å². The molecule has 258 valence electrons. The Labute approximate surface area is 322 Å². The molecule has 0 fully saturated rings. The first kappa shape index (κ1) is 32.5. The van der Waals surface area contributed by atoms with Crippen LogP contribution in [0.15, 0.2) is 188 Å². The Morgan fingerprint density at radius 3 is 1.45 bits per heavy atom. The lowest BCUT2D eigenvalue weighted by Crippen LogP contribution is -1.96. The monoisotopic (exact) mass is 721 g/mol. The molecule has 0 aliphatic heterocycles. The Hall–Kier alpha value is -7.15. The Morgan fingerprint density at radius 2 is 0.818 bits per heavy atom. The van der Waals surface area contributed by atoms with E-state index in [4.69, 9.17) is 24.9 Å². The summed E-state index contributed by atoms with van der Waals surface area (Å²) in [7, 11) is 0. The van der Waals surface area contributed by atoms with Crippen LogP contribution in [0.25, 0.3) is 99.1 Å². The van der Waals surface area contributed by atoms with E-state index in [9.17, 15) is 0 Å². The van der Waals surface area contributed by atoms with Gasteiger partial charge in [-0.25, -0.2) is 24.9 Å². The second-order valence-electron chi connectivity index (χ2n) is 13.4. The lowest BCUT2D eigenvalue weighted by Gasteiger charge is -2.10. The summed E-state index contributed by atoms with van der Waals surface area (Å²) in [4.78, 5) is 25.8. The first-order valence-corrected chi connectivity index (χ1v) is 19.0. The molecule has 0 aliphatic carbocycles. The van der Waals surface area contributed by atoms with Crippen LogP contribution < -0.4 is 0 Å². The molecule has 0 saturated heterocycles. The molecule has 0 saturated carbocycles. The van der Waals surface area contributed by atoms with Crippen molar-refractivity contribution < 1.29 is 0 Å². The van der Waals surface area contributed by atoms with Crippen LogP contribution >= 0.6 is 11.3 Å². The summed E-state index contributed by atoms with van der Waals surface area (Å²) in [6, 6.07) is 60.8. The second kappa shape index (κ2) is 14.0. The second-order valence-corrected chi connectivity index (χ2v) is 14.4. The molecule has 10 aromatic rings. The SMILES string of the molecule is c1ccc(-c2ccc(-c3cc(-c4ccc(-c5ncc6sc7ncc(-c8cccc(-c9ccccc9)c8)cc7c6n5)cc4)nc(-c4ccccc4)n3)cc2)cc1. The van der Waals surface area contributed by atoms with E-state index >= 15 is 0 Å². The van der Waals surface area contributed by atoms with Crippen molar-refractivity contribution >= 4 is 31.8 Å². The van der Waals surface area contributed by atoms with Crippen molar-refractivity contribution in [2.75, 3.05) is 0 Å². The predicted molar refractivity (Wildman–Crippen MR) is 226 cm³/mol. The minimum Gasteiger partial charge on any atom is -0.245 e. The summed E-state index contributed by atoms with van der Waals surface area (Å²) in [5.74, 6) is 1.35.